The van der Waals surface area contributed by atoms with Crippen LogP contribution in [-0.2, 0) is 6.18 Å². The second-order valence-electron chi connectivity index (χ2n) is 4.73. The van der Waals surface area contributed by atoms with Gasteiger partial charge in [0.15, 0.2) is 0 Å². The molecule has 7 heteroatoms. The molecule has 1 fully saturated rings. The number of halogens is 3. The van der Waals surface area contributed by atoms with E-state index >= 15 is 0 Å². The Balaban J connectivity index is 1.81. The third kappa shape index (κ3) is 2.87. The van der Waals surface area contributed by atoms with Crippen LogP contribution in [0.15, 0.2) is 35.7 Å². The van der Waals surface area contributed by atoms with Gasteiger partial charge in [0.2, 0.25) is 0 Å². The largest absolute Gasteiger partial charge is 0.425 e. The first-order valence-corrected chi connectivity index (χ1v) is 7.12. The number of urea groups is 1. The Morgan fingerprint density at radius 2 is 1.86 bits per heavy atom. The van der Waals surface area contributed by atoms with Crippen molar-refractivity contribution in [2.75, 3.05) is 6.54 Å². The Hall–Kier alpha value is -2.02. The molecule has 0 radical (unpaired) electrons. The predicted octanol–water partition coefficient (Wildman–Crippen LogP) is 3.79. The number of nitrogens with one attached hydrogen (secondary N) is 2. The molecule has 2 amide bonds. The van der Waals surface area contributed by atoms with E-state index in [4.69, 9.17) is 0 Å². The van der Waals surface area contributed by atoms with E-state index in [1.54, 1.807) is 12.1 Å². The molecule has 2 N–H and O–H groups in total. The van der Waals surface area contributed by atoms with Crippen LogP contribution in [0.5, 0.6) is 0 Å². The molecule has 1 saturated heterocycles. The minimum Gasteiger partial charge on any atom is -0.336 e. The number of carbonyl (C=O) groups is 1. The quantitative estimate of drug-likeness (QED) is 0.870. The van der Waals surface area contributed by atoms with Crippen LogP contribution in [0, 0.1) is 0 Å². The molecule has 0 spiro atoms. The van der Waals surface area contributed by atoms with Gasteiger partial charge in [0, 0.05) is 6.54 Å². The van der Waals surface area contributed by atoms with Crippen molar-refractivity contribution in [3.63, 3.8) is 0 Å². The Morgan fingerprint density at radius 1 is 1.14 bits per heavy atom. The number of amides is 2. The molecule has 110 valence electrons. The van der Waals surface area contributed by atoms with E-state index in [9.17, 15) is 18.0 Å². The molecule has 3 nitrogen and oxygen atoms in total. The van der Waals surface area contributed by atoms with Crippen molar-refractivity contribution >= 4 is 17.4 Å². The van der Waals surface area contributed by atoms with Crippen molar-refractivity contribution < 1.29 is 18.0 Å². The molecular weight excluding hydrogens is 301 g/mol. The van der Waals surface area contributed by atoms with Crippen LogP contribution in [0.3, 0.4) is 0 Å². The molecule has 1 aromatic carbocycles. The van der Waals surface area contributed by atoms with E-state index in [1.807, 2.05) is 12.1 Å². The van der Waals surface area contributed by atoms with Crippen LogP contribution in [0.1, 0.15) is 16.5 Å². The molecule has 0 aliphatic carbocycles. The van der Waals surface area contributed by atoms with Crippen molar-refractivity contribution in [3.8, 4) is 11.1 Å². The molecule has 3 rings (SSSR count). The molecular formula is C14H11F3N2OS. The predicted molar refractivity (Wildman–Crippen MR) is 74.0 cm³/mol. The fraction of sp³-hybridized carbons (Fsp3) is 0.214. The average molecular weight is 312 g/mol. The first-order valence-electron chi connectivity index (χ1n) is 6.24. The number of alkyl halides is 3. The average Bonchev–Trinajstić information content (AvgIpc) is 3.07. The topological polar surface area (TPSA) is 41.1 Å². The maximum absolute atomic E-state index is 12.6. The van der Waals surface area contributed by atoms with Crippen LogP contribution in [0.2, 0.25) is 0 Å². The highest BCUT2D eigenvalue weighted by molar-refractivity contribution is 7.10. The Bertz CT molecular complexity index is 664. The fourth-order valence-corrected chi connectivity index (χ4v) is 2.99. The zero-order valence-corrected chi connectivity index (χ0v) is 11.5. The molecule has 1 aliphatic rings. The summed E-state index contributed by atoms with van der Waals surface area (Å²) in [5.74, 6) is 0. The zero-order valence-electron chi connectivity index (χ0n) is 10.7. The van der Waals surface area contributed by atoms with Gasteiger partial charge >= 0.3 is 12.2 Å². The molecule has 2 heterocycles. The number of rotatable bonds is 2. The van der Waals surface area contributed by atoms with E-state index in [2.05, 4.69) is 10.6 Å². The summed E-state index contributed by atoms with van der Waals surface area (Å²) in [4.78, 5) is 10.5. The summed E-state index contributed by atoms with van der Waals surface area (Å²) in [6, 6.07) is 8.01. The summed E-state index contributed by atoms with van der Waals surface area (Å²) >= 11 is 0.689. The molecule has 1 atom stereocenters. The van der Waals surface area contributed by atoms with Gasteiger partial charge in [-0.15, -0.1) is 11.3 Å². The molecule has 21 heavy (non-hydrogen) atoms. The van der Waals surface area contributed by atoms with E-state index in [1.165, 1.54) is 5.38 Å². The van der Waals surface area contributed by atoms with Crippen LogP contribution in [-0.4, -0.2) is 12.6 Å². The maximum Gasteiger partial charge on any atom is 0.425 e. The van der Waals surface area contributed by atoms with Crippen LogP contribution in [0.4, 0.5) is 18.0 Å². The highest BCUT2D eigenvalue weighted by atomic mass is 32.1. The second kappa shape index (κ2) is 5.07. The minimum absolute atomic E-state index is 0.0974. The van der Waals surface area contributed by atoms with E-state index < -0.39 is 11.1 Å². The monoisotopic (exact) mass is 312 g/mol. The van der Waals surface area contributed by atoms with Crippen LogP contribution < -0.4 is 10.6 Å². The van der Waals surface area contributed by atoms with Gasteiger partial charge in [-0.25, -0.2) is 4.79 Å². The summed E-state index contributed by atoms with van der Waals surface area (Å²) in [6.07, 6.45) is -4.30. The standard InChI is InChI=1S/C14H11F3N2OS/c15-14(16,17)12-5-10(7-21-12)8-1-3-9(4-2-8)11-6-18-13(20)19-11/h1-5,7,11H,6H2,(H2,18,19,20). The lowest BCUT2D eigenvalue weighted by molar-refractivity contribution is -0.134. The second-order valence-corrected chi connectivity index (χ2v) is 5.64. The van der Waals surface area contributed by atoms with Gasteiger partial charge in [-0.2, -0.15) is 13.2 Å². The SMILES string of the molecule is O=C1NCC(c2ccc(-c3csc(C(F)(F)F)c3)cc2)N1. The van der Waals surface area contributed by atoms with E-state index in [-0.39, 0.29) is 12.1 Å². The molecule has 2 aromatic rings. The van der Waals surface area contributed by atoms with Gasteiger partial charge < -0.3 is 10.6 Å². The van der Waals surface area contributed by atoms with Crippen molar-refractivity contribution in [3.05, 3.63) is 46.2 Å². The van der Waals surface area contributed by atoms with Gasteiger partial charge in [0.05, 0.1) is 6.04 Å². The van der Waals surface area contributed by atoms with Gasteiger partial charge in [0.1, 0.15) is 4.88 Å². The van der Waals surface area contributed by atoms with Gasteiger partial charge in [-0.3, -0.25) is 0 Å². The summed E-state index contributed by atoms with van der Waals surface area (Å²) in [5, 5.41) is 6.91. The van der Waals surface area contributed by atoms with Crippen LogP contribution >= 0.6 is 11.3 Å². The molecule has 1 aliphatic heterocycles. The molecule has 0 bridgehead atoms. The number of carbonyl (C=O) groups excluding carboxylic acids is 1. The number of benzene rings is 1. The third-order valence-electron chi connectivity index (χ3n) is 3.30. The highest BCUT2D eigenvalue weighted by Gasteiger charge is 2.32. The van der Waals surface area contributed by atoms with Gasteiger partial charge in [-0.1, -0.05) is 24.3 Å². The van der Waals surface area contributed by atoms with Gasteiger partial charge in [0.25, 0.3) is 0 Å². The number of thiophene rings is 1. The number of hydrogen-bond donors (Lipinski definition) is 2. The van der Waals surface area contributed by atoms with Crippen molar-refractivity contribution in [2.45, 2.75) is 12.2 Å². The lowest BCUT2D eigenvalue weighted by Gasteiger charge is -2.09. The minimum atomic E-state index is -4.30. The van der Waals surface area contributed by atoms with Crippen molar-refractivity contribution in [1.82, 2.24) is 10.6 Å². The van der Waals surface area contributed by atoms with Gasteiger partial charge in [-0.05, 0) is 28.1 Å². The fourth-order valence-electron chi connectivity index (χ4n) is 2.20. The lowest BCUT2D eigenvalue weighted by atomic mass is 10.0. The Kier molecular flexibility index (Phi) is 3.36. The smallest absolute Gasteiger partial charge is 0.336 e. The molecule has 1 unspecified atom stereocenters. The summed E-state index contributed by atoms with van der Waals surface area (Å²) in [6.45, 7) is 0.509. The maximum atomic E-state index is 12.6. The lowest BCUT2D eigenvalue weighted by Crippen LogP contribution is -2.21. The van der Waals surface area contributed by atoms with Crippen LogP contribution in [0.25, 0.3) is 11.1 Å². The van der Waals surface area contributed by atoms with E-state index in [0.29, 0.717) is 23.4 Å². The van der Waals surface area contributed by atoms with E-state index in [0.717, 1.165) is 17.2 Å². The first-order chi connectivity index (χ1) is 9.93. The summed E-state index contributed by atoms with van der Waals surface area (Å²) < 4.78 is 37.8. The summed E-state index contributed by atoms with van der Waals surface area (Å²) in [7, 11) is 0. The Morgan fingerprint density at radius 3 is 2.38 bits per heavy atom. The Labute approximate surface area is 122 Å². The van der Waals surface area contributed by atoms with Crippen molar-refractivity contribution in [1.29, 1.82) is 0 Å². The number of hydrogen-bond acceptors (Lipinski definition) is 2. The van der Waals surface area contributed by atoms with Crippen molar-refractivity contribution in [2.24, 2.45) is 0 Å². The normalized spacial score (nSPS) is 18.4. The third-order valence-corrected chi connectivity index (χ3v) is 4.27. The summed E-state index contributed by atoms with van der Waals surface area (Å²) in [5.41, 5.74) is 2.19. The highest BCUT2D eigenvalue weighted by Crippen LogP contribution is 2.37. The first kappa shape index (κ1) is 13.9. The molecule has 1 aromatic heterocycles. The molecule has 0 saturated carbocycles. The zero-order chi connectivity index (χ0) is 15.0.